The molecule has 0 atom stereocenters. The predicted molar refractivity (Wildman–Crippen MR) is 105 cm³/mol. The molecule has 0 aliphatic heterocycles. The molecule has 0 aliphatic carbocycles. The van der Waals surface area contributed by atoms with Gasteiger partial charge in [0.15, 0.2) is 5.43 Å². The van der Waals surface area contributed by atoms with Gasteiger partial charge in [0.25, 0.3) is 5.91 Å². The largest absolute Gasteiger partial charge is 0.460 e. The highest BCUT2D eigenvalue weighted by molar-refractivity contribution is 5.95. The highest BCUT2D eigenvalue weighted by Crippen LogP contribution is 2.18. The lowest BCUT2D eigenvalue weighted by atomic mass is 10.1. The van der Waals surface area contributed by atoms with Crippen LogP contribution < -0.4 is 10.9 Å². The minimum Gasteiger partial charge on any atom is -0.460 e. The molecule has 1 amide bonds. The van der Waals surface area contributed by atoms with E-state index in [1.165, 1.54) is 6.21 Å². The number of amides is 1. The van der Waals surface area contributed by atoms with E-state index in [2.05, 4.69) is 10.5 Å². The molecule has 27 heavy (non-hydrogen) atoms. The molecule has 6 heteroatoms. The van der Waals surface area contributed by atoms with Gasteiger partial charge < -0.3 is 8.98 Å². The molecule has 0 saturated heterocycles. The zero-order chi connectivity index (χ0) is 18.8. The highest BCUT2D eigenvalue weighted by atomic mass is 16.3. The fourth-order valence-electron chi connectivity index (χ4n) is 3.12. The number of nitrogens with zero attached hydrogens (tertiary/aromatic N) is 2. The number of hydrogen-bond acceptors (Lipinski definition) is 4. The Morgan fingerprint density at radius 2 is 1.67 bits per heavy atom. The van der Waals surface area contributed by atoms with Gasteiger partial charge in [-0.05, 0) is 43.3 Å². The molecular formula is C21H17N3O3. The number of hydrogen-bond donors (Lipinski definition) is 1. The minimum absolute atomic E-state index is 0.0375. The van der Waals surface area contributed by atoms with Crippen LogP contribution in [0, 0.1) is 6.92 Å². The smallest absolute Gasteiger partial charge is 0.260 e. The monoisotopic (exact) mass is 359 g/mol. The van der Waals surface area contributed by atoms with Crippen molar-refractivity contribution in [3.63, 3.8) is 0 Å². The zero-order valence-electron chi connectivity index (χ0n) is 14.7. The quantitative estimate of drug-likeness (QED) is 0.345. The number of hydrazone groups is 1. The van der Waals surface area contributed by atoms with Gasteiger partial charge in [-0.3, -0.25) is 9.59 Å². The Hall–Kier alpha value is -3.67. The van der Waals surface area contributed by atoms with Crippen LogP contribution in [0.25, 0.3) is 21.8 Å². The molecule has 1 N–H and O–H groups in total. The van der Waals surface area contributed by atoms with Crippen LogP contribution in [0.15, 0.2) is 75.0 Å². The number of carbonyl (C=O) groups excluding carboxylic acids is 1. The van der Waals surface area contributed by atoms with E-state index in [0.29, 0.717) is 27.6 Å². The summed E-state index contributed by atoms with van der Waals surface area (Å²) < 4.78 is 7.20. The fraction of sp³-hybridized carbons (Fsp3) is 0.0952. The van der Waals surface area contributed by atoms with Crippen LogP contribution in [0.1, 0.15) is 11.5 Å². The number of fused-ring (bicyclic) bond motifs is 2. The molecule has 0 radical (unpaired) electrons. The van der Waals surface area contributed by atoms with Crippen molar-refractivity contribution < 1.29 is 9.21 Å². The van der Waals surface area contributed by atoms with Crippen molar-refractivity contribution in [2.75, 3.05) is 0 Å². The van der Waals surface area contributed by atoms with Gasteiger partial charge in [-0.15, -0.1) is 0 Å². The van der Waals surface area contributed by atoms with E-state index >= 15 is 0 Å². The van der Waals surface area contributed by atoms with Crippen molar-refractivity contribution >= 4 is 33.9 Å². The van der Waals surface area contributed by atoms with Gasteiger partial charge in [-0.25, -0.2) is 5.43 Å². The first kappa shape index (κ1) is 16.8. The Bertz CT molecular complexity index is 1170. The Morgan fingerprint density at radius 3 is 2.26 bits per heavy atom. The maximum Gasteiger partial charge on any atom is 0.260 e. The molecular weight excluding hydrogens is 342 g/mol. The summed E-state index contributed by atoms with van der Waals surface area (Å²) in [6, 6.07) is 18.2. The number of carbonyl (C=O) groups is 1. The van der Waals surface area contributed by atoms with Crippen LogP contribution in [0.3, 0.4) is 0 Å². The van der Waals surface area contributed by atoms with Crippen molar-refractivity contribution in [2.24, 2.45) is 5.10 Å². The first-order valence-electron chi connectivity index (χ1n) is 8.52. The van der Waals surface area contributed by atoms with Crippen molar-refractivity contribution in [2.45, 2.75) is 13.5 Å². The van der Waals surface area contributed by atoms with Crippen LogP contribution in [-0.4, -0.2) is 16.7 Å². The second-order valence-corrected chi connectivity index (χ2v) is 6.19. The molecule has 0 bridgehead atoms. The third-order valence-corrected chi connectivity index (χ3v) is 4.32. The number of furan rings is 1. The maximum absolute atomic E-state index is 12.7. The summed E-state index contributed by atoms with van der Waals surface area (Å²) in [6.45, 7) is 1.87. The van der Waals surface area contributed by atoms with Crippen LogP contribution in [-0.2, 0) is 11.3 Å². The number of aryl methyl sites for hydroxylation is 1. The Morgan fingerprint density at radius 1 is 1.04 bits per heavy atom. The molecule has 4 rings (SSSR count). The Kier molecular flexibility index (Phi) is 4.30. The summed E-state index contributed by atoms with van der Waals surface area (Å²) in [5.41, 5.74) is 3.89. The minimum atomic E-state index is -0.298. The molecule has 2 heterocycles. The van der Waals surface area contributed by atoms with E-state index < -0.39 is 0 Å². The lowest BCUT2D eigenvalue weighted by Gasteiger charge is -2.14. The molecule has 0 spiro atoms. The SMILES string of the molecule is Cc1ccc(C=NNC(=O)Cn2c3ccccc3c(=O)c3ccccc32)o1. The summed E-state index contributed by atoms with van der Waals surface area (Å²) in [5, 5.41) is 5.10. The molecule has 0 aliphatic rings. The third kappa shape index (κ3) is 3.25. The average Bonchev–Trinajstić information content (AvgIpc) is 3.10. The van der Waals surface area contributed by atoms with Crippen molar-refractivity contribution in [3.8, 4) is 0 Å². The third-order valence-electron chi connectivity index (χ3n) is 4.32. The molecule has 134 valence electrons. The maximum atomic E-state index is 12.7. The van der Waals surface area contributed by atoms with Crippen molar-refractivity contribution in [1.82, 2.24) is 9.99 Å². The summed E-state index contributed by atoms with van der Waals surface area (Å²) in [6.07, 6.45) is 1.45. The molecule has 0 fully saturated rings. The standard InChI is InChI=1S/C21H17N3O3/c1-14-10-11-15(27-14)12-22-23-20(25)13-24-18-8-4-2-6-16(18)21(26)17-7-3-5-9-19(17)24/h2-12H,13H2,1H3,(H,23,25). The van der Waals surface area contributed by atoms with E-state index in [1.807, 2.05) is 54.0 Å². The molecule has 2 aromatic carbocycles. The summed E-state index contributed by atoms with van der Waals surface area (Å²) in [4.78, 5) is 25.1. The lowest BCUT2D eigenvalue weighted by molar-refractivity contribution is -0.121. The van der Waals surface area contributed by atoms with E-state index in [1.54, 1.807) is 18.2 Å². The van der Waals surface area contributed by atoms with E-state index in [9.17, 15) is 9.59 Å². The van der Waals surface area contributed by atoms with Crippen LogP contribution >= 0.6 is 0 Å². The predicted octanol–water partition coefficient (Wildman–Crippen LogP) is 3.21. The number of rotatable bonds is 4. The zero-order valence-corrected chi connectivity index (χ0v) is 14.7. The first-order valence-corrected chi connectivity index (χ1v) is 8.52. The summed E-state index contributed by atoms with van der Waals surface area (Å²) in [7, 11) is 0. The van der Waals surface area contributed by atoms with Gasteiger partial charge >= 0.3 is 0 Å². The second-order valence-electron chi connectivity index (χ2n) is 6.19. The molecule has 2 aromatic heterocycles. The Labute approximate surface area is 154 Å². The van der Waals surface area contributed by atoms with Crippen LogP contribution in [0.4, 0.5) is 0 Å². The van der Waals surface area contributed by atoms with Gasteiger partial charge in [0.05, 0.1) is 17.2 Å². The van der Waals surface area contributed by atoms with Gasteiger partial charge in [-0.2, -0.15) is 5.10 Å². The number of benzene rings is 2. The number of pyridine rings is 1. The van der Waals surface area contributed by atoms with Gasteiger partial charge in [0, 0.05) is 10.8 Å². The molecule has 6 nitrogen and oxygen atoms in total. The summed E-state index contributed by atoms with van der Waals surface area (Å²) in [5.74, 6) is 1.04. The van der Waals surface area contributed by atoms with E-state index in [0.717, 1.165) is 5.76 Å². The number of aromatic nitrogens is 1. The second kappa shape index (κ2) is 6.92. The van der Waals surface area contributed by atoms with Gasteiger partial charge in [0.2, 0.25) is 0 Å². The first-order chi connectivity index (χ1) is 13.1. The molecule has 0 saturated carbocycles. The highest BCUT2D eigenvalue weighted by Gasteiger charge is 2.12. The van der Waals surface area contributed by atoms with Gasteiger partial charge in [0.1, 0.15) is 18.1 Å². The molecule has 4 aromatic rings. The van der Waals surface area contributed by atoms with E-state index in [-0.39, 0.29) is 17.9 Å². The average molecular weight is 359 g/mol. The Balaban J connectivity index is 1.68. The van der Waals surface area contributed by atoms with Crippen molar-refractivity contribution in [1.29, 1.82) is 0 Å². The summed E-state index contributed by atoms with van der Waals surface area (Å²) >= 11 is 0. The topological polar surface area (TPSA) is 76.6 Å². The molecule has 0 unspecified atom stereocenters. The van der Waals surface area contributed by atoms with Crippen LogP contribution in [0.2, 0.25) is 0 Å². The van der Waals surface area contributed by atoms with E-state index in [4.69, 9.17) is 4.42 Å². The van der Waals surface area contributed by atoms with Crippen molar-refractivity contribution in [3.05, 3.63) is 82.4 Å². The normalized spacial score (nSPS) is 11.4. The number of para-hydroxylation sites is 2. The lowest BCUT2D eigenvalue weighted by Crippen LogP contribution is -2.25. The van der Waals surface area contributed by atoms with Gasteiger partial charge in [-0.1, -0.05) is 24.3 Å². The van der Waals surface area contributed by atoms with Crippen LogP contribution in [0.5, 0.6) is 0 Å². The number of nitrogens with one attached hydrogen (secondary N) is 1. The fourth-order valence-corrected chi connectivity index (χ4v) is 3.12.